The fraction of sp³-hybridized carbons (Fsp3) is 0.375. The van der Waals surface area contributed by atoms with Crippen molar-refractivity contribution < 1.29 is 10.2 Å². The summed E-state index contributed by atoms with van der Waals surface area (Å²) in [5.41, 5.74) is 1.71. The van der Waals surface area contributed by atoms with Gasteiger partial charge in [0.05, 0.1) is 0 Å². The molecule has 2 atom stereocenters. The molecule has 100 valence electrons. The maximum atomic E-state index is 9.72. The molecule has 0 heterocycles. The maximum absolute atomic E-state index is 9.72. The lowest BCUT2D eigenvalue weighted by Crippen LogP contribution is -2.26. The Labute approximate surface area is 110 Å². The summed E-state index contributed by atoms with van der Waals surface area (Å²) in [6.45, 7) is 8.00. The monoisotopic (exact) mass is 248 g/mol. The van der Waals surface area contributed by atoms with Gasteiger partial charge < -0.3 is 10.2 Å². The third-order valence-corrected chi connectivity index (χ3v) is 2.33. The van der Waals surface area contributed by atoms with Gasteiger partial charge in [-0.2, -0.15) is 0 Å². The van der Waals surface area contributed by atoms with Crippen LogP contribution < -0.4 is 0 Å². The molecule has 0 saturated heterocycles. The van der Waals surface area contributed by atoms with E-state index < -0.39 is 12.2 Å². The van der Waals surface area contributed by atoms with Gasteiger partial charge in [0.25, 0.3) is 0 Å². The first-order valence-corrected chi connectivity index (χ1v) is 6.59. The van der Waals surface area contributed by atoms with Crippen molar-refractivity contribution in [2.24, 2.45) is 0 Å². The molecule has 0 saturated carbocycles. The Bertz CT molecular complexity index is 366. The SMILES string of the molecule is CC.CC.O[C@@H]1C=CC=C(c2ccccc2)[C@@H]1O. The van der Waals surface area contributed by atoms with Gasteiger partial charge in [0.2, 0.25) is 0 Å². The normalized spacial score (nSPS) is 20.9. The molecular formula is C16H24O2. The smallest absolute Gasteiger partial charge is 0.109 e. The van der Waals surface area contributed by atoms with Crippen LogP contribution in [0.1, 0.15) is 33.3 Å². The minimum Gasteiger partial charge on any atom is -0.386 e. The molecule has 1 aromatic rings. The van der Waals surface area contributed by atoms with Gasteiger partial charge in [-0.1, -0.05) is 76.3 Å². The highest BCUT2D eigenvalue weighted by Gasteiger charge is 2.21. The van der Waals surface area contributed by atoms with E-state index in [9.17, 15) is 10.2 Å². The summed E-state index contributed by atoms with van der Waals surface area (Å²) in [5.74, 6) is 0. The number of hydrogen-bond acceptors (Lipinski definition) is 2. The Morgan fingerprint density at radius 2 is 1.44 bits per heavy atom. The summed E-state index contributed by atoms with van der Waals surface area (Å²) in [5, 5.41) is 19.2. The minimum absolute atomic E-state index is 0.764. The molecule has 18 heavy (non-hydrogen) atoms. The molecule has 2 nitrogen and oxygen atoms in total. The second kappa shape index (κ2) is 9.63. The van der Waals surface area contributed by atoms with Gasteiger partial charge in [0.1, 0.15) is 12.2 Å². The van der Waals surface area contributed by atoms with Crippen LogP contribution in [0.3, 0.4) is 0 Å². The number of aliphatic hydroxyl groups is 2. The van der Waals surface area contributed by atoms with Crippen LogP contribution in [-0.2, 0) is 0 Å². The molecule has 0 unspecified atom stereocenters. The third kappa shape index (κ3) is 4.47. The van der Waals surface area contributed by atoms with Gasteiger partial charge >= 0.3 is 0 Å². The first kappa shape index (κ1) is 16.6. The van der Waals surface area contributed by atoms with E-state index in [0.29, 0.717) is 0 Å². The van der Waals surface area contributed by atoms with E-state index in [4.69, 9.17) is 0 Å². The van der Waals surface area contributed by atoms with Gasteiger partial charge in [0, 0.05) is 0 Å². The second-order valence-electron chi connectivity index (χ2n) is 3.31. The standard InChI is InChI=1S/C12H12O2.2C2H6/c13-11-8-4-7-10(12(11)14)9-5-2-1-3-6-9;2*1-2/h1-8,11-14H;2*1-2H3/t11-,12+;;/m1../s1. The highest BCUT2D eigenvalue weighted by atomic mass is 16.3. The third-order valence-electron chi connectivity index (χ3n) is 2.33. The van der Waals surface area contributed by atoms with E-state index in [0.717, 1.165) is 11.1 Å². The summed E-state index contributed by atoms with van der Waals surface area (Å²) in [6, 6.07) is 9.58. The zero-order chi connectivity index (χ0) is 14.0. The molecule has 2 heteroatoms. The van der Waals surface area contributed by atoms with Crippen molar-refractivity contribution in [2.75, 3.05) is 0 Å². The maximum Gasteiger partial charge on any atom is 0.109 e. The predicted molar refractivity (Wildman–Crippen MR) is 78.3 cm³/mol. The van der Waals surface area contributed by atoms with Crippen molar-refractivity contribution in [3.05, 3.63) is 54.1 Å². The van der Waals surface area contributed by atoms with Gasteiger partial charge in [-0.25, -0.2) is 0 Å². The Balaban J connectivity index is 0.000000659. The van der Waals surface area contributed by atoms with Crippen molar-refractivity contribution in [3.63, 3.8) is 0 Å². The Morgan fingerprint density at radius 1 is 0.889 bits per heavy atom. The molecule has 1 aliphatic rings. The molecule has 0 aliphatic heterocycles. The molecule has 0 radical (unpaired) electrons. The van der Waals surface area contributed by atoms with Crippen LogP contribution >= 0.6 is 0 Å². The zero-order valence-electron chi connectivity index (χ0n) is 11.7. The van der Waals surface area contributed by atoms with Crippen molar-refractivity contribution in [1.29, 1.82) is 0 Å². The van der Waals surface area contributed by atoms with Crippen LogP contribution in [-0.4, -0.2) is 22.4 Å². The lowest BCUT2D eigenvalue weighted by atomic mass is 9.93. The van der Waals surface area contributed by atoms with Crippen molar-refractivity contribution in [2.45, 2.75) is 39.9 Å². The number of allylic oxidation sites excluding steroid dienone is 2. The lowest BCUT2D eigenvalue weighted by molar-refractivity contribution is 0.0859. The molecule has 1 aromatic carbocycles. The zero-order valence-corrected chi connectivity index (χ0v) is 11.7. The number of hydrogen-bond donors (Lipinski definition) is 2. The van der Waals surface area contributed by atoms with Crippen LogP contribution in [0.5, 0.6) is 0 Å². The van der Waals surface area contributed by atoms with Crippen molar-refractivity contribution in [1.82, 2.24) is 0 Å². The number of benzene rings is 1. The number of aliphatic hydroxyl groups excluding tert-OH is 2. The molecule has 0 spiro atoms. The first-order valence-electron chi connectivity index (χ1n) is 6.59. The quantitative estimate of drug-likeness (QED) is 0.799. The fourth-order valence-electron chi connectivity index (χ4n) is 1.56. The topological polar surface area (TPSA) is 40.5 Å². The molecule has 2 rings (SSSR count). The molecule has 0 bridgehead atoms. The largest absolute Gasteiger partial charge is 0.386 e. The Hall–Kier alpha value is -1.38. The van der Waals surface area contributed by atoms with E-state index in [2.05, 4.69) is 0 Å². The van der Waals surface area contributed by atoms with Gasteiger partial charge in [-0.15, -0.1) is 0 Å². The Morgan fingerprint density at radius 3 is 2.00 bits per heavy atom. The van der Waals surface area contributed by atoms with Gasteiger partial charge in [0.15, 0.2) is 0 Å². The molecule has 2 N–H and O–H groups in total. The lowest BCUT2D eigenvalue weighted by Gasteiger charge is -2.21. The minimum atomic E-state index is -0.817. The number of rotatable bonds is 1. The van der Waals surface area contributed by atoms with Gasteiger partial charge in [-0.3, -0.25) is 0 Å². The average molecular weight is 248 g/mol. The van der Waals surface area contributed by atoms with Crippen LogP contribution in [0.15, 0.2) is 48.6 Å². The summed E-state index contributed by atoms with van der Waals surface area (Å²) in [4.78, 5) is 0. The first-order chi connectivity index (χ1) is 8.79. The fourth-order valence-corrected chi connectivity index (χ4v) is 1.56. The summed E-state index contributed by atoms with van der Waals surface area (Å²) in [7, 11) is 0. The van der Waals surface area contributed by atoms with E-state index in [1.165, 1.54) is 0 Å². The van der Waals surface area contributed by atoms with Crippen molar-refractivity contribution in [3.8, 4) is 0 Å². The molecule has 0 fully saturated rings. The molecule has 1 aliphatic carbocycles. The Kier molecular flexibility index (Phi) is 8.89. The van der Waals surface area contributed by atoms with Crippen LogP contribution in [0, 0.1) is 0 Å². The molecular weight excluding hydrogens is 224 g/mol. The molecule has 0 amide bonds. The highest BCUT2D eigenvalue weighted by molar-refractivity contribution is 5.72. The molecule has 0 aromatic heterocycles. The second-order valence-corrected chi connectivity index (χ2v) is 3.31. The van der Waals surface area contributed by atoms with E-state index in [1.54, 1.807) is 12.2 Å². The van der Waals surface area contributed by atoms with Gasteiger partial charge in [-0.05, 0) is 11.1 Å². The summed E-state index contributed by atoms with van der Waals surface area (Å²) >= 11 is 0. The van der Waals surface area contributed by atoms with Crippen LogP contribution in [0.4, 0.5) is 0 Å². The highest BCUT2D eigenvalue weighted by Crippen LogP contribution is 2.23. The van der Waals surface area contributed by atoms with Crippen LogP contribution in [0.2, 0.25) is 0 Å². The summed E-state index contributed by atoms with van der Waals surface area (Å²) < 4.78 is 0. The predicted octanol–water partition coefficient (Wildman–Crippen LogP) is 3.41. The van der Waals surface area contributed by atoms with E-state index >= 15 is 0 Å². The van der Waals surface area contributed by atoms with E-state index in [1.807, 2.05) is 64.1 Å². The van der Waals surface area contributed by atoms with Crippen LogP contribution in [0.25, 0.3) is 5.57 Å². The average Bonchev–Trinajstić information content (AvgIpc) is 2.47. The van der Waals surface area contributed by atoms with E-state index in [-0.39, 0.29) is 0 Å². The summed E-state index contributed by atoms with van der Waals surface area (Å²) in [6.07, 6.45) is 3.56. The van der Waals surface area contributed by atoms with Crippen molar-refractivity contribution >= 4 is 5.57 Å².